The molecule has 0 N–H and O–H groups in total. The van der Waals surface area contributed by atoms with Gasteiger partial charge in [-0.15, -0.1) is 0 Å². The van der Waals surface area contributed by atoms with Crippen LogP contribution in [-0.2, 0) is 9.59 Å². The number of amides is 2. The molecule has 3 aliphatic rings. The van der Waals surface area contributed by atoms with Crippen molar-refractivity contribution in [2.24, 2.45) is 11.8 Å². The minimum absolute atomic E-state index is 0.115. The largest absolute Gasteiger partial charge is 0.352 e. The number of Topliss-reactive ketones (excluding diaryl/α,β-unsaturated/α-hetero) is 1. The third-order valence-corrected chi connectivity index (χ3v) is 7.45. The van der Waals surface area contributed by atoms with Gasteiger partial charge >= 0.3 is 0 Å². The molecule has 8 nitrogen and oxygen atoms in total. The van der Waals surface area contributed by atoms with E-state index in [1.54, 1.807) is 0 Å². The highest BCUT2D eigenvalue weighted by Gasteiger charge is 2.64. The molecule has 8 heteroatoms. The summed E-state index contributed by atoms with van der Waals surface area (Å²) in [5.41, 5.74) is 2.94. The Morgan fingerprint density at radius 3 is 2.35 bits per heavy atom. The van der Waals surface area contributed by atoms with Gasteiger partial charge in [-0.25, -0.2) is 0 Å². The molecular weight excluding hydrogens is 434 g/mol. The van der Waals surface area contributed by atoms with Crippen LogP contribution in [0.2, 0.25) is 0 Å². The molecule has 0 aliphatic carbocycles. The van der Waals surface area contributed by atoms with E-state index < -0.39 is 28.8 Å². The van der Waals surface area contributed by atoms with E-state index in [9.17, 15) is 24.5 Å². The summed E-state index contributed by atoms with van der Waals surface area (Å²) in [6, 6.07) is 11.6. The zero-order valence-electron chi connectivity index (χ0n) is 19.2. The first kappa shape index (κ1) is 22.0. The predicted molar refractivity (Wildman–Crippen MR) is 126 cm³/mol. The maximum Gasteiger partial charge on any atom is 0.269 e. The highest BCUT2D eigenvalue weighted by Crippen LogP contribution is 2.50. The molecule has 0 spiro atoms. The van der Waals surface area contributed by atoms with Gasteiger partial charge in [0.25, 0.3) is 5.69 Å². The number of non-ortho nitro benzene ring substituents is 1. The fraction of sp³-hybridized carbons (Fsp3) is 0.346. The number of nitro groups is 1. The van der Waals surface area contributed by atoms with Crippen LogP contribution >= 0.6 is 0 Å². The van der Waals surface area contributed by atoms with Crippen LogP contribution in [0, 0.1) is 22.0 Å². The first-order valence-electron chi connectivity index (χ1n) is 11.5. The molecule has 0 radical (unpaired) electrons. The van der Waals surface area contributed by atoms with Crippen molar-refractivity contribution in [1.82, 2.24) is 4.90 Å². The quantitative estimate of drug-likeness (QED) is 0.291. The maximum absolute atomic E-state index is 13.9. The molecule has 2 fully saturated rings. The van der Waals surface area contributed by atoms with Gasteiger partial charge in [0.2, 0.25) is 11.8 Å². The molecule has 3 heterocycles. The number of para-hydroxylation sites is 1. The number of anilines is 1. The fourth-order valence-corrected chi connectivity index (χ4v) is 5.66. The molecule has 2 amide bonds. The van der Waals surface area contributed by atoms with E-state index in [0.29, 0.717) is 6.42 Å². The molecular formula is C26H25N3O5. The van der Waals surface area contributed by atoms with Gasteiger partial charge in [0.1, 0.15) is 6.04 Å². The Morgan fingerprint density at radius 2 is 1.71 bits per heavy atom. The van der Waals surface area contributed by atoms with Crippen molar-refractivity contribution >= 4 is 34.5 Å². The lowest BCUT2D eigenvalue weighted by atomic mass is 9.85. The SMILES string of the molecule is CC[C@H](C)N1C(=O)[C@@H]2[C@@H](C1=O)[C@@H]1C=C(C)c3ccccc3N1[C@@H]2C(=O)c1ccc([N+](=O)[O-])cc1. The number of nitro benzene ring substituents is 1. The second-order valence-electron chi connectivity index (χ2n) is 9.23. The molecule has 2 aromatic rings. The minimum Gasteiger partial charge on any atom is -0.352 e. The van der Waals surface area contributed by atoms with Crippen molar-refractivity contribution in [3.63, 3.8) is 0 Å². The van der Waals surface area contributed by atoms with Crippen molar-refractivity contribution < 1.29 is 19.3 Å². The third-order valence-electron chi connectivity index (χ3n) is 7.45. The molecule has 0 unspecified atom stereocenters. The van der Waals surface area contributed by atoms with E-state index in [4.69, 9.17) is 0 Å². The first-order chi connectivity index (χ1) is 16.3. The first-order valence-corrected chi connectivity index (χ1v) is 11.5. The number of carbonyl (C=O) groups excluding carboxylic acids is 3. The van der Waals surface area contributed by atoms with Crippen molar-refractivity contribution in [2.45, 2.75) is 45.3 Å². The number of allylic oxidation sites excluding steroid dienone is 1. The van der Waals surface area contributed by atoms with E-state index in [0.717, 1.165) is 16.8 Å². The average Bonchev–Trinajstić information content (AvgIpc) is 3.31. The van der Waals surface area contributed by atoms with Crippen LogP contribution in [-0.4, -0.2) is 45.5 Å². The number of carbonyl (C=O) groups is 3. The van der Waals surface area contributed by atoms with Crippen LogP contribution in [0.15, 0.2) is 54.6 Å². The predicted octanol–water partition coefficient (Wildman–Crippen LogP) is 3.85. The van der Waals surface area contributed by atoms with Crippen LogP contribution < -0.4 is 4.90 Å². The number of imide groups is 1. The van der Waals surface area contributed by atoms with Gasteiger partial charge in [0.15, 0.2) is 5.78 Å². The lowest BCUT2D eigenvalue weighted by molar-refractivity contribution is -0.384. The van der Waals surface area contributed by atoms with Crippen LogP contribution in [0.25, 0.3) is 5.57 Å². The number of hydrogen-bond donors (Lipinski definition) is 0. The normalized spacial score (nSPS) is 26.0. The number of fused-ring (bicyclic) bond motifs is 5. The topological polar surface area (TPSA) is 101 Å². The van der Waals surface area contributed by atoms with Gasteiger partial charge in [-0.05, 0) is 44.0 Å². The fourth-order valence-electron chi connectivity index (χ4n) is 5.66. The molecule has 0 bridgehead atoms. The van der Waals surface area contributed by atoms with Gasteiger partial charge in [-0.3, -0.25) is 29.4 Å². The van der Waals surface area contributed by atoms with E-state index in [1.807, 2.05) is 56.0 Å². The molecule has 5 rings (SSSR count). The summed E-state index contributed by atoms with van der Waals surface area (Å²) in [6.07, 6.45) is 2.62. The number of nitrogens with zero attached hydrogens (tertiary/aromatic N) is 3. The van der Waals surface area contributed by atoms with Gasteiger partial charge in [-0.2, -0.15) is 0 Å². The molecule has 3 aliphatic heterocycles. The van der Waals surface area contributed by atoms with E-state index in [1.165, 1.54) is 29.2 Å². The maximum atomic E-state index is 13.9. The number of ketones is 1. The van der Waals surface area contributed by atoms with Crippen molar-refractivity contribution in [2.75, 3.05) is 4.90 Å². The van der Waals surface area contributed by atoms with Crippen molar-refractivity contribution in [3.8, 4) is 0 Å². The summed E-state index contributed by atoms with van der Waals surface area (Å²) in [6.45, 7) is 5.75. The van der Waals surface area contributed by atoms with Gasteiger partial charge < -0.3 is 4.90 Å². The highest BCUT2D eigenvalue weighted by atomic mass is 16.6. The summed E-state index contributed by atoms with van der Waals surface area (Å²) in [7, 11) is 0. The Balaban J connectivity index is 1.65. The van der Waals surface area contributed by atoms with Gasteiger partial charge in [0, 0.05) is 35.0 Å². The smallest absolute Gasteiger partial charge is 0.269 e. The van der Waals surface area contributed by atoms with E-state index in [2.05, 4.69) is 0 Å². The Hall–Kier alpha value is -3.81. The van der Waals surface area contributed by atoms with E-state index >= 15 is 0 Å². The molecule has 2 aromatic carbocycles. The van der Waals surface area contributed by atoms with Crippen molar-refractivity contribution in [3.05, 3.63) is 75.8 Å². The zero-order valence-corrected chi connectivity index (χ0v) is 19.2. The second-order valence-corrected chi connectivity index (χ2v) is 9.23. The average molecular weight is 460 g/mol. The molecule has 34 heavy (non-hydrogen) atoms. The van der Waals surface area contributed by atoms with Gasteiger partial charge in [-0.1, -0.05) is 31.2 Å². The standard InChI is InChI=1S/C26H25N3O5/c1-4-15(3)27-25(31)21-20-13-14(2)18-7-5-6-8-19(18)28(20)23(22(21)26(27)32)24(30)16-9-11-17(12-10-16)29(33)34/h5-13,15,20-23H,4H2,1-3H3/t15-,20-,21-,22+,23-/m0/s1. The van der Waals surface area contributed by atoms with Crippen LogP contribution in [0.3, 0.4) is 0 Å². The van der Waals surface area contributed by atoms with Crippen molar-refractivity contribution in [1.29, 1.82) is 0 Å². The van der Waals surface area contributed by atoms with E-state index in [-0.39, 0.29) is 34.9 Å². The van der Waals surface area contributed by atoms with Crippen LogP contribution in [0.5, 0.6) is 0 Å². The number of rotatable bonds is 5. The van der Waals surface area contributed by atoms with Crippen LogP contribution in [0.1, 0.15) is 43.1 Å². The number of likely N-dealkylation sites (tertiary alicyclic amines) is 1. The Morgan fingerprint density at radius 1 is 1.06 bits per heavy atom. The Kier molecular flexibility index (Phi) is 5.11. The molecule has 174 valence electrons. The Labute approximate surface area is 197 Å². The highest BCUT2D eigenvalue weighted by molar-refractivity contribution is 6.14. The third kappa shape index (κ3) is 3.01. The summed E-state index contributed by atoms with van der Waals surface area (Å²) in [4.78, 5) is 54.9. The zero-order chi connectivity index (χ0) is 24.3. The number of benzene rings is 2. The minimum atomic E-state index is -0.882. The summed E-state index contributed by atoms with van der Waals surface area (Å²) < 4.78 is 0. The second kappa shape index (κ2) is 7.90. The van der Waals surface area contributed by atoms with Crippen LogP contribution in [0.4, 0.5) is 11.4 Å². The monoisotopic (exact) mass is 459 g/mol. The lowest BCUT2D eigenvalue weighted by Crippen LogP contribution is -2.50. The summed E-state index contributed by atoms with van der Waals surface area (Å²) in [5, 5.41) is 11.1. The lowest BCUT2D eigenvalue weighted by Gasteiger charge is -2.38. The molecule has 0 saturated carbocycles. The summed E-state index contributed by atoms with van der Waals surface area (Å²) in [5.74, 6) is -2.34. The molecule has 5 atom stereocenters. The molecule has 0 aromatic heterocycles. The summed E-state index contributed by atoms with van der Waals surface area (Å²) >= 11 is 0. The molecule has 2 saturated heterocycles. The van der Waals surface area contributed by atoms with Gasteiger partial charge in [0.05, 0.1) is 22.8 Å². The Bertz CT molecular complexity index is 1250. The number of hydrogen-bond acceptors (Lipinski definition) is 6.